The van der Waals surface area contributed by atoms with Gasteiger partial charge in [0.2, 0.25) is 0 Å². The lowest BCUT2D eigenvalue weighted by atomic mass is 9.86. The third-order valence-electron chi connectivity index (χ3n) is 4.82. The first kappa shape index (κ1) is 13.4. The average Bonchev–Trinajstić information content (AvgIpc) is 2.23. The van der Waals surface area contributed by atoms with Gasteiger partial charge in [0.05, 0.1) is 0 Å². The number of hydrogen-bond acceptors (Lipinski definition) is 2. The van der Waals surface area contributed by atoms with Crippen LogP contribution in [-0.4, -0.2) is 48.6 Å². The molecule has 0 N–H and O–H groups in total. The van der Waals surface area contributed by atoms with Crippen molar-refractivity contribution in [1.29, 1.82) is 0 Å². The van der Waals surface area contributed by atoms with Gasteiger partial charge < -0.3 is 9.80 Å². The second-order valence-electron chi connectivity index (χ2n) is 6.80. The predicted molar refractivity (Wildman–Crippen MR) is 74.2 cm³/mol. The molecule has 0 amide bonds. The van der Waals surface area contributed by atoms with E-state index in [-0.39, 0.29) is 0 Å². The van der Waals surface area contributed by atoms with Crippen LogP contribution in [0.1, 0.15) is 40.5 Å². The number of nitrogens with zero attached hydrogens (tertiary/aromatic N) is 2. The van der Waals surface area contributed by atoms with Gasteiger partial charge in [-0.2, -0.15) is 0 Å². The van der Waals surface area contributed by atoms with Gasteiger partial charge >= 0.3 is 0 Å². The van der Waals surface area contributed by atoms with E-state index in [0.29, 0.717) is 0 Å². The molecule has 0 aliphatic carbocycles. The second-order valence-corrected chi connectivity index (χ2v) is 6.80. The fourth-order valence-corrected chi connectivity index (χ4v) is 3.20. The molecule has 0 saturated carbocycles. The molecule has 2 aliphatic heterocycles. The lowest BCUT2D eigenvalue weighted by Gasteiger charge is -2.45. The van der Waals surface area contributed by atoms with Gasteiger partial charge in [0.25, 0.3) is 0 Å². The van der Waals surface area contributed by atoms with Crippen LogP contribution in [0.2, 0.25) is 0 Å². The minimum Gasteiger partial charge on any atom is -0.302 e. The maximum absolute atomic E-state index is 2.68. The molecule has 17 heavy (non-hydrogen) atoms. The molecule has 2 saturated heterocycles. The SMILES string of the molecule is CC(C)C1CN(CC2CCN(C(C)C)CC2)C1. The summed E-state index contributed by atoms with van der Waals surface area (Å²) in [6.07, 6.45) is 2.84. The Balaban J connectivity index is 1.63. The Kier molecular flexibility index (Phi) is 4.48. The third-order valence-corrected chi connectivity index (χ3v) is 4.82. The molecule has 2 rings (SSSR count). The lowest BCUT2D eigenvalue weighted by molar-refractivity contribution is 0.0368. The fraction of sp³-hybridized carbons (Fsp3) is 1.00. The zero-order valence-corrected chi connectivity index (χ0v) is 12.2. The van der Waals surface area contributed by atoms with Crippen LogP contribution in [0.3, 0.4) is 0 Å². The first-order valence-electron chi connectivity index (χ1n) is 7.52. The normalized spacial score (nSPS) is 25.8. The molecule has 0 unspecified atom stereocenters. The number of piperidine rings is 1. The van der Waals surface area contributed by atoms with Crippen LogP contribution in [0, 0.1) is 17.8 Å². The first-order valence-corrected chi connectivity index (χ1v) is 7.52. The Hall–Kier alpha value is -0.0800. The van der Waals surface area contributed by atoms with E-state index >= 15 is 0 Å². The average molecular weight is 238 g/mol. The maximum Gasteiger partial charge on any atom is 0.00385 e. The Labute approximate surface area is 107 Å². The summed E-state index contributed by atoms with van der Waals surface area (Å²) in [5.41, 5.74) is 0. The molecule has 0 atom stereocenters. The first-order chi connectivity index (χ1) is 8.06. The molecule has 0 radical (unpaired) electrons. The van der Waals surface area contributed by atoms with Gasteiger partial charge in [0, 0.05) is 25.7 Å². The van der Waals surface area contributed by atoms with E-state index in [1.165, 1.54) is 45.6 Å². The van der Waals surface area contributed by atoms with Crippen LogP contribution in [0.15, 0.2) is 0 Å². The Morgan fingerprint density at radius 1 is 1.00 bits per heavy atom. The van der Waals surface area contributed by atoms with Gasteiger partial charge in [-0.1, -0.05) is 13.8 Å². The van der Waals surface area contributed by atoms with Gasteiger partial charge in [-0.05, 0) is 57.5 Å². The van der Waals surface area contributed by atoms with Crippen molar-refractivity contribution >= 4 is 0 Å². The summed E-state index contributed by atoms with van der Waals surface area (Å²) >= 11 is 0. The molecule has 0 bridgehead atoms. The van der Waals surface area contributed by atoms with Crippen molar-refractivity contribution < 1.29 is 0 Å². The number of hydrogen-bond donors (Lipinski definition) is 0. The van der Waals surface area contributed by atoms with E-state index in [1.54, 1.807) is 0 Å². The summed E-state index contributed by atoms with van der Waals surface area (Å²) < 4.78 is 0. The summed E-state index contributed by atoms with van der Waals surface area (Å²) in [7, 11) is 0. The van der Waals surface area contributed by atoms with Crippen molar-refractivity contribution in [2.24, 2.45) is 17.8 Å². The van der Waals surface area contributed by atoms with Gasteiger partial charge in [-0.25, -0.2) is 0 Å². The standard InChI is InChI=1S/C15H30N2/c1-12(2)15-10-16(11-15)9-14-5-7-17(8-6-14)13(3)4/h12-15H,5-11H2,1-4H3. The summed E-state index contributed by atoms with van der Waals surface area (Å²) in [5, 5.41) is 0. The predicted octanol–water partition coefficient (Wildman–Crippen LogP) is 2.69. The van der Waals surface area contributed by atoms with Crippen LogP contribution in [0.25, 0.3) is 0 Å². The molecule has 2 nitrogen and oxygen atoms in total. The van der Waals surface area contributed by atoms with Crippen LogP contribution in [-0.2, 0) is 0 Å². The topological polar surface area (TPSA) is 6.48 Å². The zero-order valence-electron chi connectivity index (χ0n) is 12.2. The number of rotatable bonds is 4. The van der Waals surface area contributed by atoms with E-state index in [9.17, 15) is 0 Å². The second kappa shape index (κ2) is 5.71. The highest BCUT2D eigenvalue weighted by molar-refractivity contribution is 4.85. The molecule has 2 heteroatoms. The van der Waals surface area contributed by atoms with Gasteiger partial charge in [-0.3, -0.25) is 0 Å². The van der Waals surface area contributed by atoms with Gasteiger partial charge in [0.1, 0.15) is 0 Å². The lowest BCUT2D eigenvalue weighted by Crippen LogP contribution is -2.51. The van der Waals surface area contributed by atoms with E-state index in [0.717, 1.165) is 23.8 Å². The molecule has 0 aromatic heterocycles. The highest BCUT2D eigenvalue weighted by Gasteiger charge is 2.31. The molecular weight excluding hydrogens is 208 g/mol. The minimum absolute atomic E-state index is 0.741. The highest BCUT2D eigenvalue weighted by atomic mass is 15.2. The molecule has 0 aromatic carbocycles. The molecule has 2 aliphatic rings. The van der Waals surface area contributed by atoms with Gasteiger partial charge in [-0.15, -0.1) is 0 Å². The van der Waals surface area contributed by atoms with Crippen LogP contribution < -0.4 is 0 Å². The van der Waals surface area contributed by atoms with Crippen LogP contribution in [0.5, 0.6) is 0 Å². The van der Waals surface area contributed by atoms with Crippen molar-refractivity contribution in [3.63, 3.8) is 0 Å². The van der Waals surface area contributed by atoms with E-state index < -0.39 is 0 Å². The monoisotopic (exact) mass is 238 g/mol. The van der Waals surface area contributed by atoms with Crippen LogP contribution in [0.4, 0.5) is 0 Å². The number of likely N-dealkylation sites (tertiary alicyclic amines) is 2. The summed E-state index contributed by atoms with van der Waals surface area (Å²) in [5.74, 6) is 2.83. The maximum atomic E-state index is 2.68. The quantitative estimate of drug-likeness (QED) is 0.743. The fourth-order valence-electron chi connectivity index (χ4n) is 3.20. The van der Waals surface area contributed by atoms with Crippen LogP contribution >= 0.6 is 0 Å². The smallest absolute Gasteiger partial charge is 0.00385 e. The molecule has 2 fully saturated rings. The van der Waals surface area contributed by atoms with Crippen molar-refractivity contribution in [3.05, 3.63) is 0 Å². The largest absolute Gasteiger partial charge is 0.302 e. The van der Waals surface area contributed by atoms with Gasteiger partial charge in [0.15, 0.2) is 0 Å². The molecule has 0 aromatic rings. The summed E-state index contributed by atoms with van der Waals surface area (Å²) in [4.78, 5) is 5.31. The summed E-state index contributed by atoms with van der Waals surface area (Å²) in [6.45, 7) is 16.1. The van der Waals surface area contributed by atoms with Crippen molar-refractivity contribution in [2.45, 2.75) is 46.6 Å². The minimum atomic E-state index is 0.741. The summed E-state index contributed by atoms with van der Waals surface area (Å²) in [6, 6.07) is 0.741. The molecule has 0 spiro atoms. The van der Waals surface area contributed by atoms with Crippen molar-refractivity contribution in [1.82, 2.24) is 9.80 Å². The van der Waals surface area contributed by atoms with E-state index in [1.807, 2.05) is 0 Å². The van der Waals surface area contributed by atoms with Crippen molar-refractivity contribution in [3.8, 4) is 0 Å². The Morgan fingerprint density at radius 2 is 1.59 bits per heavy atom. The third kappa shape index (κ3) is 3.45. The van der Waals surface area contributed by atoms with Crippen molar-refractivity contribution in [2.75, 3.05) is 32.7 Å². The van der Waals surface area contributed by atoms with E-state index in [4.69, 9.17) is 0 Å². The zero-order chi connectivity index (χ0) is 12.4. The molecule has 100 valence electrons. The molecular formula is C15H30N2. The van der Waals surface area contributed by atoms with E-state index in [2.05, 4.69) is 37.5 Å². The Morgan fingerprint density at radius 3 is 2.06 bits per heavy atom. The highest BCUT2D eigenvalue weighted by Crippen LogP contribution is 2.27. The molecule has 2 heterocycles. The Bertz CT molecular complexity index is 223.